The third-order valence-corrected chi connectivity index (χ3v) is 3.86. The van der Waals surface area contributed by atoms with Gasteiger partial charge in [0.2, 0.25) is 0 Å². The molecule has 1 fully saturated rings. The summed E-state index contributed by atoms with van der Waals surface area (Å²) in [6, 6.07) is 1.83. The van der Waals surface area contributed by atoms with E-state index in [4.69, 9.17) is 4.74 Å². The Hall–Kier alpha value is -1.38. The molecule has 3 heteroatoms. The van der Waals surface area contributed by atoms with Crippen molar-refractivity contribution in [3.05, 3.63) is 24.0 Å². The summed E-state index contributed by atoms with van der Waals surface area (Å²) in [5.41, 5.74) is 0.687. The second-order valence-corrected chi connectivity index (χ2v) is 6.06. The molecule has 0 amide bonds. The van der Waals surface area contributed by atoms with Crippen molar-refractivity contribution in [3.63, 3.8) is 0 Å². The third-order valence-electron chi connectivity index (χ3n) is 3.86. The number of carbonyl (C=O) groups excluding carboxylic acids is 1. The van der Waals surface area contributed by atoms with Gasteiger partial charge < -0.3 is 4.74 Å². The van der Waals surface area contributed by atoms with Crippen molar-refractivity contribution in [2.45, 2.75) is 64.9 Å². The van der Waals surface area contributed by atoms with Crippen LogP contribution in [0.4, 0.5) is 0 Å². The van der Waals surface area contributed by atoms with Crippen LogP contribution in [-0.2, 0) is 0 Å². The maximum absolute atomic E-state index is 12.4. The molecule has 1 aliphatic rings. The largest absolute Gasteiger partial charge is 0.489 e. The van der Waals surface area contributed by atoms with Gasteiger partial charge in [-0.1, -0.05) is 38.5 Å². The second-order valence-electron chi connectivity index (χ2n) is 6.06. The first-order valence-electron chi connectivity index (χ1n) is 7.80. The predicted octanol–water partition coefficient (Wildman–Crippen LogP) is 4.41. The molecule has 0 spiro atoms. The Bertz CT molecular complexity index is 434. The Morgan fingerprint density at radius 1 is 1.25 bits per heavy atom. The molecule has 1 aromatic heterocycles. The van der Waals surface area contributed by atoms with Crippen LogP contribution in [0.25, 0.3) is 0 Å². The lowest BCUT2D eigenvalue weighted by molar-refractivity contribution is 0.0956. The Morgan fingerprint density at radius 3 is 2.60 bits per heavy atom. The van der Waals surface area contributed by atoms with Gasteiger partial charge in [0.05, 0.1) is 12.3 Å². The lowest BCUT2D eigenvalue weighted by Crippen LogP contribution is -2.10. The van der Waals surface area contributed by atoms with Crippen LogP contribution in [0.3, 0.4) is 0 Å². The molecule has 1 aliphatic carbocycles. The number of rotatable bonds is 5. The van der Waals surface area contributed by atoms with Gasteiger partial charge in [0, 0.05) is 18.2 Å². The first kappa shape index (κ1) is 15.0. The lowest BCUT2D eigenvalue weighted by Gasteiger charge is -2.13. The Morgan fingerprint density at radius 2 is 1.95 bits per heavy atom. The van der Waals surface area contributed by atoms with E-state index in [1.807, 2.05) is 19.9 Å². The summed E-state index contributed by atoms with van der Waals surface area (Å²) in [6.07, 6.45) is 11.7. The third kappa shape index (κ3) is 4.62. The van der Waals surface area contributed by atoms with Gasteiger partial charge in [-0.15, -0.1) is 0 Å². The number of hydrogen-bond donors (Lipinski definition) is 0. The summed E-state index contributed by atoms with van der Waals surface area (Å²) >= 11 is 0. The fourth-order valence-electron chi connectivity index (χ4n) is 2.86. The van der Waals surface area contributed by atoms with Crippen LogP contribution in [0.15, 0.2) is 18.5 Å². The van der Waals surface area contributed by atoms with Crippen molar-refractivity contribution in [1.82, 2.24) is 4.98 Å². The molecule has 0 atom stereocenters. The maximum atomic E-state index is 12.4. The minimum Gasteiger partial charge on any atom is -0.489 e. The molecule has 110 valence electrons. The molecule has 1 heterocycles. The van der Waals surface area contributed by atoms with Crippen molar-refractivity contribution < 1.29 is 9.53 Å². The van der Waals surface area contributed by atoms with E-state index < -0.39 is 0 Å². The molecule has 0 saturated heterocycles. The van der Waals surface area contributed by atoms with Crippen LogP contribution in [-0.4, -0.2) is 16.9 Å². The molecule has 0 unspecified atom stereocenters. The highest BCUT2D eigenvalue weighted by Gasteiger charge is 2.17. The Kier molecular flexibility index (Phi) is 5.57. The van der Waals surface area contributed by atoms with Crippen LogP contribution in [0.5, 0.6) is 5.75 Å². The highest BCUT2D eigenvalue weighted by Crippen LogP contribution is 2.27. The molecule has 2 rings (SSSR count). The van der Waals surface area contributed by atoms with E-state index in [-0.39, 0.29) is 11.9 Å². The van der Waals surface area contributed by atoms with Gasteiger partial charge in [0.1, 0.15) is 5.75 Å². The highest BCUT2D eigenvalue weighted by molar-refractivity contribution is 5.96. The topological polar surface area (TPSA) is 39.2 Å². The SMILES string of the molecule is CC(C)Oc1cncc(C(=O)CC2CCCCCC2)c1. The summed E-state index contributed by atoms with van der Waals surface area (Å²) in [4.78, 5) is 16.5. The minimum atomic E-state index is 0.101. The first-order valence-corrected chi connectivity index (χ1v) is 7.80. The normalized spacial score (nSPS) is 16.9. The van der Waals surface area contributed by atoms with Gasteiger partial charge in [-0.2, -0.15) is 0 Å². The van der Waals surface area contributed by atoms with Crippen molar-refractivity contribution >= 4 is 5.78 Å². The molecule has 1 saturated carbocycles. The smallest absolute Gasteiger partial charge is 0.164 e. The van der Waals surface area contributed by atoms with Crippen LogP contribution < -0.4 is 4.74 Å². The molecule has 0 radical (unpaired) electrons. The van der Waals surface area contributed by atoms with Gasteiger partial charge in [-0.25, -0.2) is 0 Å². The average Bonchev–Trinajstić information content (AvgIpc) is 2.67. The van der Waals surface area contributed by atoms with Gasteiger partial charge in [-0.05, 0) is 25.8 Å². The fourth-order valence-corrected chi connectivity index (χ4v) is 2.86. The lowest BCUT2D eigenvalue weighted by atomic mass is 9.92. The van der Waals surface area contributed by atoms with E-state index in [0.717, 1.165) is 0 Å². The average molecular weight is 275 g/mol. The number of aromatic nitrogens is 1. The van der Waals surface area contributed by atoms with Crippen LogP contribution in [0.2, 0.25) is 0 Å². The summed E-state index contributed by atoms with van der Waals surface area (Å²) in [5.74, 6) is 1.45. The quantitative estimate of drug-likeness (QED) is 0.590. The van der Waals surface area contributed by atoms with Gasteiger partial charge >= 0.3 is 0 Å². The standard InChI is InChI=1S/C17H25NO2/c1-13(2)20-16-10-15(11-18-12-16)17(19)9-14-7-5-3-4-6-8-14/h10-14H,3-9H2,1-2H3. The second kappa shape index (κ2) is 7.41. The highest BCUT2D eigenvalue weighted by atomic mass is 16.5. The Labute approximate surface area is 121 Å². The summed E-state index contributed by atoms with van der Waals surface area (Å²) in [6.45, 7) is 3.94. The van der Waals surface area contributed by atoms with Gasteiger partial charge in [-0.3, -0.25) is 9.78 Å². The van der Waals surface area contributed by atoms with E-state index in [2.05, 4.69) is 4.98 Å². The molecule has 0 aliphatic heterocycles. The number of Topliss-reactive ketones (excluding diaryl/α,β-unsaturated/α-hetero) is 1. The first-order chi connectivity index (χ1) is 9.65. The minimum absolute atomic E-state index is 0.101. The number of ketones is 1. The number of nitrogens with zero attached hydrogens (tertiary/aromatic N) is 1. The van der Waals surface area contributed by atoms with Crippen LogP contribution in [0.1, 0.15) is 69.2 Å². The molecule has 20 heavy (non-hydrogen) atoms. The molecule has 1 aromatic rings. The predicted molar refractivity (Wildman–Crippen MR) is 80.1 cm³/mol. The van der Waals surface area contributed by atoms with E-state index in [9.17, 15) is 4.79 Å². The van der Waals surface area contributed by atoms with E-state index in [0.29, 0.717) is 23.7 Å². The summed E-state index contributed by atoms with van der Waals surface area (Å²) in [7, 11) is 0. The van der Waals surface area contributed by atoms with Crippen molar-refractivity contribution in [3.8, 4) is 5.75 Å². The van der Waals surface area contributed by atoms with Crippen molar-refractivity contribution in [2.24, 2.45) is 5.92 Å². The number of carbonyl (C=O) groups is 1. The van der Waals surface area contributed by atoms with E-state index in [1.54, 1.807) is 12.4 Å². The molecule has 0 aromatic carbocycles. The molecule has 3 nitrogen and oxygen atoms in total. The van der Waals surface area contributed by atoms with Crippen LogP contribution in [0, 0.1) is 5.92 Å². The van der Waals surface area contributed by atoms with E-state index in [1.165, 1.54) is 38.5 Å². The molecular weight excluding hydrogens is 250 g/mol. The zero-order chi connectivity index (χ0) is 14.4. The molecule has 0 N–H and O–H groups in total. The van der Waals surface area contributed by atoms with Gasteiger partial charge in [0.25, 0.3) is 0 Å². The maximum Gasteiger partial charge on any atom is 0.164 e. The molecule has 0 bridgehead atoms. The number of ether oxygens (including phenoxy) is 1. The summed E-state index contributed by atoms with van der Waals surface area (Å²) < 4.78 is 5.60. The summed E-state index contributed by atoms with van der Waals surface area (Å²) in [5, 5.41) is 0. The zero-order valence-corrected chi connectivity index (χ0v) is 12.6. The number of pyridine rings is 1. The van der Waals surface area contributed by atoms with Gasteiger partial charge in [0.15, 0.2) is 5.78 Å². The van der Waals surface area contributed by atoms with Crippen LogP contribution >= 0.6 is 0 Å². The van der Waals surface area contributed by atoms with Crippen molar-refractivity contribution in [1.29, 1.82) is 0 Å². The zero-order valence-electron chi connectivity index (χ0n) is 12.6. The van der Waals surface area contributed by atoms with Crippen molar-refractivity contribution in [2.75, 3.05) is 0 Å². The fraction of sp³-hybridized carbons (Fsp3) is 0.647. The molecular formula is C17H25NO2. The number of hydrogen-bond acceptors (Lipinski definition) is 3. The monoisotopic (exact) mass is 275 g/mol. The van der Waals surface area contributed by atoms with E-state index >= 15 is 0 Å². The Balaban J connectivity index is 1.97.